The van der Waals surface area contributed by atoms with Gasteiger partial charge in [-0.05, 0) is 83.2 Å². The van der Waals surface area contributed by atoms with Gasteiger partial charge < -0.3 is 11.1 Å². The lowest BCUT2D eigenvalue weighted by Gasteiger charge is -2.24. The van der Waals surface area contributed by atoms with Crippen LogP contribution < -0.4 is 11.1 Å². The van der Waals surface area contributed by atoms with E-state index in [0.29, 0.717) is 24.9 Å². The van der Waals surface area contributed by atoms with E-state index in [1.807, 2.05) is 26.8 Å². The van der Waals surface area contributed by atoms with E-state index >= 15 is 0 Å². The second kappa shape index (κ2) is 21.2. The first-order valence-corrected chi connectivity index (χ1v) is 15.6. The van der Waals surface area contributed by atoms with E-state index in [4.69, 9.17) is 5.73 Å². The molecular formula is C33H50F5N3OS. The van der Waals surface area contributed by atoms with Crippen molar-refractivity contribution in [1.29, 1.82) is 0 Å². The van der Waals surface area contributed by atoms with Crippen molar-refractivity contribution in [3.63, 3.8) is 0 Å². The summed E-state index contributed by atoms with van der Waals surface area (Å²) in [4.78, 5) is 14.2. The Hall–Kier alpha value is -2.59. The van der Waals surface area contributed by atoms with Gasteiger partial charge in [0.05, 0.1) is 22.4 Å². The molecule has 1 aliphatic carbocycles. The fraction of sp³-hybridized carbons (Fsp3) is 0.545. The molecule has 3 atom stereocenters. The van der Waals surface area contributed by atoms with E-state index < -0.39 is 35.7 Å². The number of ketones is 1. The van der Waals surface area contributed by atoms with Gasteiger partial charge in [-0.25, -0.2) is 8.78 Å². The van der Waals surface area contributed by atoms with Crippen LogP contribution >= 0.6 is 11.8 Å². The summed E-state index contributed by atoms with van der Waals surface area (Å²) >= 11 is 1.15. The number of alkyl halides is 3. The van der Waals surface area contributed by atoms with Crippen LogP contribution in [0.25, 0.3) is 0 Å². The molecule has 244 valence electrons. The summed E-state index contributed by atoms with van der Waals surface area (Å²) < 4.78 is 64.4. The number of hydrogen-bond donors (Lipinski definition) is 2. The smallest absolute Gasteiger partial charge is 0.401 e. The molecule has 0 fully saturated rings. The van der Waals surface area contributed by atoms with Gasteiger partial charge in [0.25, 0.3) is 0 Å². The molecule has 0 saturated heterocycles. The largest absolute Gasteiger partial charge is 0.401 e. The number of nitrogens with one attached hydrogen (secondary N) is 1. The normalized spacial score (nSPS) is 16.5. The highest BCUT2D eigenvalue weighted by Crippen LogP contribution is 2.29. The molecule has 3 N–H and O–H groups in total. The van der Waals surface area contributed by atoms with E-state index in [1.54, 1.807) is 13.0 Å². The maximum absolute atomic E-state index is 13.9. The number of allylic oxidation sites excluding steroid dienone is 6. The predicted molar refractivity (Wildman–Crippen MR) is 171 cm³/mol. The molecule has 1 aliphatic rings. The number of nitrogens with zero attached hydrogens (tertiary/aromatic N) is 1. The molecular weight excluding hydrogens is 581 g/mol. The van der Waals surface area contributed by atoms with Gasteiger partial charge >= 0.3 is 6.18 Å². The molecule has 0 heterocycles. The fourth-order valence-electron chi connectivity index (χ4n) is 3.88. The minimum absolute atomic E-state index is 0.137. The van der Waals surface area contributed by atoms with Gasteiger partial charge in [0.2, 0.25) is 5.78 Å². The van der Waals surface area contributed by atoms with E-state index in [2.05, 4.69) is 44.8 Å². The number of carbonyl (C=O) groups excluding carboxylic acids is 1. The lowest BCUT2D eigenvalue weighted by molar-refractivity contribution is -0.146. The average molecular weight is 632 g/mol. The Bertz CT molecular complexity index is 1060. The van der Waals surface area contributed by atoms with Gasteiger partial charge in [-0.2, -0.15) is 13.2 Å². The first kappa shape index (κ1) is 40.4. The molecule has 1 aromatic carbocycles. The summed E-state index contributed by atoms with van der Waals surface area (Å²) in [5.41, 5.74) is 6.42. The monoisotopic (exact) mass is 631 g/mol. The molecule has 43 heavy (non-hydrogen) atoms. The average Bonchev–Trinajstić information content (AvgIpc) is 2.91. The molecule has 0 amide bonds. The summed E-state index contributed by atoms with van der Waals surface area (Å²) in [6, 6.07) is 3.34. The van der Waals surface area contributed by atoms with Crippen molar-refractivity contribution in [3.05, 3.63) is 82.6 Å². The van der Waals surface area contributed by atoms with Gasteiger partial charge in [0.15, 0.2) is 0 Å². The maximum atomic E-state index is 13.9. The number of Topliss-reactive ketones (excluding diaryl/α,β-unsaturated/α-hetero) is 1. The lowest BCUT2D eigenvalue weighted by Crippen LogP contribution is -2.36. The molecule has 0 aromatic heterocycles. The maximum Gasteiger partial charge on any atom is 0.401 e. The minimum atomic E-state index is -4.06. The highest BCUT2D eigenvalue weighted by molar-refractivity contribution is 8.04. The first-order chi connectivity index (χ1) is 20.1. The third-order valence-corrected chi connectivity index (χ3v) is 7.52. The van der Waals surface area contributed by atoms with Gasteiger partial charge in [0.1, 0.15) is 11.6 Å². The van der Waals surface area contributed by atoms with Crippen LogP contribution in [-0.2, 0) is 0 Å². The molecule has 0 aliphatic heterocycles. The first-order valence-electron chi connectivity index (χ1n) is 14.7. The van der Waals surface area contributed by atoms with E-state index in [9.17, 15) is 26.7 Å². The van der Waals surface area contributed by atoms with Crippen molar-refractivity contribution in [2.75, 3.05) is 19.6 Å². The number of thioether (sulfide) groups is 1. The second-order valence-corrected chi connectivity index (χ2v) is 12.0. The van der Waals surface area contributed by atoms with Crippen molar-refractivity contribution in [3.8, 4) is 0 Å². The minimum Gasteiger partial charge on any atom is -0.401 e. The van der Waals surface area contributed by atoms with Gasteiger partial charge in [0, 0.05) is 11.4 Å². The number of rotatable bonds is 13. The van der Waals surface area contributed by atoms with Crippen LogP contribution in [0.1, 0.15) is 84.5 Å². The molecule has 10 heteroatoms. The molecule has 4 nitrogen and oxygen atoms in total. The summed E-state index contributed by atoms with van der Waals surface area (Å²) in [5, 5.41) is 3.07. The Morgan fingerprint density at radius 2 is 1.79 bits per heavy atom. The topological polar surface area (TPSA) is 58.4 Å². The van der Waals surface area contributed by atoms with Crippen molar-refractivity contribution in [1.82, 2.24) is 10.2 Å². The van der Waals surface area contributed by atoms with Gasteiger partial charge in [-0.1, -0.05) is 70.2 Å². The Morgan fingerprint density at radius 1 is 1.21 bits per heavy atom. The molecule has 0 radical (unpaired) electrons. The molecule has 0 bridgehead atoms. The third kappa shape index (κ3) is 17.3. The van der Waals surface area contributed by atoms with E-state index in [1.165, 1.54) is 11.0 Å². The fourth-order valence-corrected chi connectivity index (χ4v) is 4.82. The predicted octanol–water partition coefficient (Wildman–Crippen LogP) is 9.38. The van der Waals surface area contributed by atoms with Crippen LogP contribution in [0.3, 0.4) is 0 Å². The summed E-state index contributed by atoms with van der Waals surface area (Å²) in [6.07, 6.45) is 7.46. The van der Waals surface area contributed by atoms with Crippen molar-refractivity contribution in [2.24, 2.45) is 17.6 Å². The SMILES string of the molecule is C/C(N)=C(\SC(C)NC1=CCC(C)C=C1)C(=O)c1c(F)cccc1F.C=CC.CCCN(CCC(C)CC)CC(F)(F)F. The third-order valence-electron chi connectivity index (χ3n) is 6.31. The van der Waals surface area contributed by atoms with Crippen LogP contribution in [0.15, 0.2) is 65.4 Å². The molecule has 0 spiro atoms. The van der Waals surface area contributed by atoms with Gasteiger partial charge in [-0.3, -0.25) is 9.69 Å². The van der Waals surface area contributed by atoms with Crippen molar-refractivity contribution < 1.29 is 26.7 Å². The summed E-state index contributed by atoms with van der Waals surface area (Å²) in [5.74, 6) is -1.51. The number of hydrogen-bond acceptors (Lipinski definition) is 5. The van der Waals surface area contributed by atoms with Crippen molar-refractivity contribution >= 4 is 17.5 Å². The zero-order chi connectivity index (χ0) is 33.2. The number of carbonyl (C=O) groups is 1. The van der Waals surface area contributed by atoms with Crippen LogP contribution in [0, 0.1) is 23.5 Å². The molecule has 2 rings (SSSR count). The molecule has 3 unspecified atom stereocenters. The summed E-state index contributed by atoms with van der Waals surface area (Å²) in [6.45, 7) is 17.2. The lowest BCUT2D eigenvalue weighted by atomic mass is 10.0. The Balaban J connectivity index is 0.000000838. The Kier molecular flexibility index (Phi) is 19.9. The highest BCUT2D eigenvalue weighted by atomic mass is 32.2. The zero-order valence-electron chi connectivity index (χ0n) is 26.7. The van der Waals surface area contributed by atoms with E-state index in [-0.39, 0.29) is 16.0 Å². The van der Waals surface area contributed by atoms with Crippen LogP contribution in [0.2, 0.25) is 0 Å². The van der Waals surface area contributed by atoms with E-state index in [0.717, 1.165) is 55.3 Å². The standard InChI is InChI=1S/C19H22F2N2OS.C11H22F3N.C3H6/c1-11-7-9-14(10-8-11)23-13(3)25-19(12(2)22)18(24)17-15(20)5-4-6-16(17)21;1-4-7-15(9-11(12,13)14)8-6-10(3)5-2;1-3-2/h4-7,9-11,13,23H,8,22H2,1-3H3;10H,4-9H2,1-3H3;3H,1H2,2H3/b19-12+;;. The number of nitrogens with two attached hydrogens (primary N) is 1. The van der Waals surface area contributed by atoms with Crippen LogP contribution in [0.5, 0.6) is 0 Å². The van der Waals surface area contributed by atoms with Crippen molar-refractivity contribution in [2.45, 2.75) is 85.7 Å². The van der Waals surface area contributed by atoms with Crippen LogP contribution in [0.4, 0.5) is 22.0 Å². The molecule has 1 aromatic rings. The number of halogens is 5. The molecule has 0 saturated carbocycles. The highest BCUT2D eigenvalue weighted by Gasteiger charge is 2.30. The zero-order valence-corrected chi connectivity index (χ0v) is 27.5. The summed E-state index contributed by atoms with van der Waals surface area (Å²) in [7, 11) is 0. The Labute approximate surface area is 259 Å². The van der Waals surface area contributed by atoms with Gasteiger partial charge in [-0.15, -0.1) is 6.58 Å². The Morgan fingerprint density at radius 3 is 2.23 bits per heavy atom. The second-order valence-electron chi connectivity index (χ2n) is 10.7. The van der Waals surface area contributed by atoms with Crippen LogP contribution in [-0.4, -0.2) is 41.9 Å². The number of benzene rings is 1. The quantitative estimate of drug-likeness (QED) is 0.0747.